The molecule has 3 amide bonds. The van der Waals surface area contributed by atoms with E-state index in [1.165, 1.54) is 4.90 Å². The van der Waals surface area contributed by atoms with Crippen LogP contribution in [0.5, 0.6) is 0 Å². The van der Waals surface area contributed by atoms with Crippen LogP contribution in [-0.2, 0) is 14.3 Å². The number of rotatable bonds is 3. The first-order valence-electron chi connectivity index (χ1n) is 9.59. The first-order valence-corrected chi connectivity index (χ1v) is 9.59. The van der Waals surface area contributed by atoms with Crippen LogP contribution in [0.15, 0.2) is 24.3 Å². The molecule has 154 valence electrons. The van der Waals surface area contributed by atoms with Crippen molar-refractivity contribution in [1.29, 1.82) is 0 Å². The van der Waals surface area contributed by atoms with Gasteiger partial charge in [0, 0.05) is 23.3 Å². The number of ether oxygens (including phenoxy) is 1. The number of nitrogens with zero attached hydrogens (tertiary/aromatic N) is 1. The van der Waals surface area contributed by atoms with Gasteiger partial charge in [0.15, 0.2) is 0 Å². The number of likely N-dealkylation sites (tertiary alicyclic amines) is 1. The molecule has 2 N–H and O–H groups in total. The first kappa shape index (κ1) is 21.7. The Morgan fingerprint density at radius 2 is 1.64 bits per heavy atom. The maximum Gasteiger partial charge on any atom is 0.410 e. The molecular formula is C21H31N3O4. The van der Waals surface area contributed by atoms with Crippen LogP contribution in [0.4, 0.5) is 16.2 Å². The van der Waals surface area contributed by atoms with E-state index in [1.807, 2.05) is 20.8 Å². The number of hydrogen-bond acceptors (Lipinski definition) is 4. The molecule has 1 aliphatic rings. The van der Waals surface area contributed by atoms with Crippen molar-refractivity contribution in [3.05, 3.63) is 24.3 Å². The molecule has 0 spiro atoms. The summed E-state index contributed by atoms with van der Waals surface area (Å²) in [6.45, 7) is 11.4. The number of amides is 3. The van der Waals surface area contributed by atoms with E-state index in [9.17, 15) is 14.4 Å². The Balaban J connectivity index is 2.05. The fourth-order valence-corrected chi connectivity index (χ4v) is 2.80. The minimum absolute atomic E-state index is 0.108. The smallest absolute Gasteiger partial charge is 0.410 e. The lowest BCUT2D eigenvalue weighted by Crippen LogP contribution is -2.45. The Morgan fingerprint density at radius 3 is 2.21 bits per heavy atom. The van der Waals surface area contributed by atoms with Crippen molar-refractivity contribution in [1.82, 2.24) is 4.90 Å². The summed E-state index contributed by atoms with van der Waals surface area (Å²) in [4.78, 5) is 38.7. The lowest BCUT2D eigenvalue weighted by atomic mass is 9.95. The molecular weight excluding hydrogens is 358 g/mol. The number of carbonyl (C=O) groups is 3. The second kappa shape index (κ2) is 8.20. The summed E-state index contributed by atoms with van der Waals surface area (Å²) in [6.07, 6.45) is 0.862. The zero-order valence-electron chi connectivity index (χ0n) is 17.6. The van der Waals surface area contributed by atoms with Crippen LogP contribution >= 0.6 is 0 Å². The van der Waals surface area contributed by atoms with Gasteiger partial charge in [-0.25, -0.2) is 4.79 Å². The highest BCUT2D eigenvalue weighted by Crippen LogP contribution is 2.24. The average Bonchev–Trinajstić information content (AvgIpc) is 3.02. The molecule has 1 heterocycles. The number of anilines is 2. The monoisotopic (exact) mass is 389 g/mol. The van der Waals surface area contributed by atoms with Crippen molar-refractivity contribution in [2.24, 2.45) is 5.41 Å². The number of benzene rings is 1. The van der Waals surface area contributed by atoms with E-state index in [0.29, 0.717) is 24.3 Å². The number of nitrogens with one attached hydrogen (secondary N) is 2. The second-order valence-corrected chi connectivity index (χ2v) is 9.11. The summed E-state index contributed by atoms with van der Waals surface area (Å²) in [5.74, 6) is -0.370. The first-order chi connectivity index (χ1) is 12.9. The SMILES string of the molecule is CC(C)(C)OC(=O)N1CCC[C@H]1C(=O)Nc1cccc(NC(=O)C(C)(C)C)c1. The highest BCUT2D eigenvalue weighted by molar-refractivity contribution is 5.98. The predicted octanol–water partition coefficient (Wildman–Crippen LogP) is 4.01. The van der Waals surface area contributed by atoms with Crippen LogP contribution in [-0.4, -0.2) is 41.0 Å². The van der Waals surface area contributed by atoms with Gasteiger partial charge < -0.3 is 15.4 Å². The second-order valence-electron chi connectivity index (χ2n) is 9.11. The Morgan fingerprint density at radius 1 is 1.04 bits per heavy atom. The topological polar surface area (TPSA) is 87.7 Å². The molecule has 0 bridgehead atoms. The fraction of sp³-hybridized carbons (Fsp3) is 0.571. The minimum atomic E-state index is -0.611. The zero-order chi connectivity index (χ0) is 21.1. The van der Waals surface area contributed by atoms with Crippen LogP contribution in [0, 0.1) is 5.41 Å². The van der Waals surface area contributed by atoms with Crippen molar-refractivity contribution in [3.8, 4) is 0 Å². The van der Waals surface area contributed by atoms with Gasteiger partial charge in [-0.05, 0) is 51.8 Å². The lowest BCUT2D eigenvalue weighted by molar-refractivity contribution is -0.123. The van der Waals surface area contributed by atoms with Crippen molar-refractivity contribution >= 4 is 29.3 Å². The van der Waals surface area contributed by atoms with Gasteiger partial charge in [-0.1, -0.05) is 26.8 Å². The molecule has 1 aromatic rings. The molecule has 0 saturated carbocycles. The van der Waals surface area contributed by atoms with Gasteiger partial charge in [0.1, 0.15) is 11.6 Å². The quantitative estimate of drug-likeness (QED) is 0.818. The standard InChI is InChI=1S/C21H31N3O4/c1-20(2,3)18(26)23-15-10-7-9-14(13-15)22-17(25)16-11-8-12-24(16)19(27)28-21(4,5)6/h7,9-10,13,16H,8,11-12H2,1-6H3,(H,22,25)(H,23,26)/t16-/m0/s1. The summed E-state index contributed by atoms with van der Waals surface area (Å²) < 4.78 is 5.41. The molecule has 1 saturated heterocycles. The van der Waals surface area contributed by atoms with Crippen molar-refractivity contribution < 1.29 is 19.1 Å². The third kappa shape index (κ3) is 5.97. The van der Waals surface area contributed by atoms with Gasteiger partial charge >= 0.3 is 6.09 Å². The van der Waals surface area contributed by atoms with E-state index >= 15 is 0 Å². The summed E-state index contributed by atoms with van der Waals surface area (Å²) in [5, 5.41) is 5.69. The van der Waals surface area contributed by atoms with Crippen LogP contribution in [0.25, 0.3) is 0 Å². The third-order valence-electron chi connectivity index (χ3n) is 4.25. The van der Waals surface area contributed by atoms with Gasteiger partial charge in [-0.15, -0.1) is 0 Å². The largest absolute Gasteiger partial charge is 0.444 e. The molecule has 28 heavy (non-hydrogen) atoms. The van der Waals surface area contributed by atoms with Gasteiger partial charge in [0.05, 0.1) is 0 Å². The van der Waals surface area contributed by atoms with E-state index in [0.717, 1.165) is 6.42 Å². The Kier molecular flexibility index (Phi) is 6.37. The molecule has 0 aliphatic carbocycles. The Bertz CT molecular complexity index is 747. The van der Waals surface area contributed by atoms with Gasteiger partial charge in [-0.3, -0.25) is 14.5 Å². The molecule has 0 unspecified atom stereocenters. The van der Waals surface area contributed by atoms with Crippen LogP contribution in [0.1, 0.15) is 54.4 Å². The van der Waals surface area contributed by atoms with E-state index < -0.39 is 23.2 Å². The third-order valence-corrected chi connectivity index (χ3v) is 4.25. The number of hydrogen-bond donors (Lipinski definition) is 2. The number of carbonyl (C=O) groups excluding carboxylic acids is 3. The molecule has 7 heteroatoms. The summed E-state index contributed by atoms with van der Waals surface area (Å²) in [5.41, 5.74) is 0.0398. The van der Waals surface area contributed by atoms with E-state index in [4.69, 9.17) is 4.74 Å². The molecule has 1 aliphatic heterocycles. The van der Waals surface area contributed by atoms with Crippen LogP contribution < -0.4 is 10.6 Å². The summed E-state index contributed by atoms with van der Waals surface area (Å²) in [6, 6.07) is 6.41. The molecule has 1 aromatic carbocycles. The highest BCUT2D eigenvalue weighted by Gasteiger charge is 2.36. The van der Waals surface area contributed by atoms with Gasteiger partial charge in [0.25, 0.3) is 0 Å². The van der Waals surface area contributed by atoms with Crippen molar-refractivity contribution in [3.63, 3.8) is 0 Å². The average molecular weight is 389 g/mol. The van der Waals surface area contributed by atoms with Crippen LogP contribution in [0.2, 0.25) is 0 Å². The Labute approximate surface area is 166 Å². The van der Waals surface area contributed by atoms with Crippen LogP contribution in [0.3, 0.4) is 0 Å². The molecule has 0 radical (unpaired) electrons. The van der Waals surface area contributed by atoms with E-state index in [-0.39, 0.29) is 11.8 Å². The molecule has 1 atom stereocenters. The molecule has 7 nitrogen and oxygen atoms in total. The maximum absolute atomic E-state index is 12.7. The predicted molar refractivity (Wildman–Crippen MR) is 109 cm³/mol. The highest BCUT2D eigenvalue weighted by atomic mass is 16.6. The lowest BCUT2D eigenvalue weighted by Gasteiger charge is -2.28. The van der Waals surface area contributed by atoms with Crippen molar-refractivity contribution in [2.75, 3.05) is 17.2 Å². The molecule has 1 fully saturated rings. The maximum atomic E-state index is 12.7. The normalized spacial score (nSPS) is 17.2. The van der Waals surface area contributed by atoms with E-state index in [2.05, 4.69) is 10.6 Å². The Hall–Kier alpha value is -2.57. The summed E-state index contributed by atoms with van der Waals surface area (Å²) in [7, 11) is 0. The zero-order valence-corrected chi connectivity index (χ0v) is 17.6. The van der Waals surface area contributed by atoms with E-state index in [1.54, 1.807) is 45.0 Å². The molecule has 0 aromatic heterocycles. The fourth-order valence-electron chi connectivity index (χ4n) is 2.80. The van der Waals surface area contributed by atoms with Gasteiger partial charge in [0.2, 0.25) is 11.8 Å². The summed E-state index contributed by atoms with van der Waals surface area (Å²) >= 11 is 0. The minimum Gasteiger partial charge on any atom is -0.444 e. The van der Waals surface area contributed by atoms with Gasteiger partial charge in [-0.2, -0.15) is 0 Å². The molecule has 2 rings (SSSR count). The van der Waals surface area contributed by atoms with Crippen molar-refractivity contribution in [2.45, 2.75) is 66.0 Å².